The summed E-state index contributed by atoms with van der Waals surface area (Å²) in [5.74, 6) is 1.11. The molecule has 114 valence electrons. The highest BCUT2D eigenvalue weighted by Gasteiger charge is 2.23. The third-order valence-corrected chi connectivity index (χ3v) is 3.90. The Bertz CT molecular complexity index is 510. The van der Waals surface area contributed by atoms with Crippen LogP contribution in [0.2, 0.25) is 0 Å². The minimum absolute atomic E-state index is 0.0812. The van der Waals surface area contributed by atoms with E-state index < -0.39 is 0 Å². The summed E-state index contributed by atoms with van der Waals surface area (Å²) in [6, 6.07) is 0. The molecule has 0 aliphatic heterocycles. The second-order valence-electron chi connectivity index (χ2n) is 6.44. The van der Waals surface area contributed by atoms with Crippen molar-refractivity contribution in [3.8, 4) is 0 Å². The predicted octanol–water partition coefficient (Wildman–Crippen LogP) is 5.89. The molecule has 0 N–H and O–H groups in total. The van der Waals surface area contributed by atoms with E-state index >= 15 is 0 Å². The quantitative estimate of drug-likeness (QED) is 0.558. The molecule has 1 unspecified atom stereocenters. The van der Waals surface area contributed by atoms with Crippen LogP contribution in [0.3, 0.4) is 0 Å². The molecule has 0 saturated carbocycles. The van der Waals surface area contributed by atoms with E-state index in [0.717, 1.165) is 11.3 Å². The smallest absolute Gasteiger partial charge is 0.0698 e. The largest absolute Gasteiger partial charge is 0.256 e. The van der Waals surface area contributed by atoms with Gasteiger partial charge >= 0.3 is 0 Å². The second kappa shape index (κ2) is 7.97. The minimum atomic E-state index is 0.0812. The van der Waals surface area contributed by atoms with Crippen LogP contribution in [0, 0.1) is 17.3 Å². The fourth-order valence-corrected chi connectivity index (χ4v) is 1.98. The summed E-state index contributed by atoms with van der Waals surface area (Å²) in [4.78, 5) is 4.62. The first-order valence-corrected chi connectivity index (χ1v) is 7.85. The molecule has 0 amide bonds. The third-order valence-electron chi connectivity index (χ3n) is 3.90. The molecule has 0 aromatic heterocycles. The van der Waals surface area contributed by atoms with Gasteiger partial charge in [0.15, 0.2) is 0 Å². The van der Waals surface area contributed by atoms with Gasteiger partial charge < -0.3 is 0 Å². The van der Waals surface area contributed by atoms with E-state index in [9.17, 15) is 0 Å². The summed E-state index contributed by atoms with van der Waals surface area (Å²) in [5.41, 5.74) is 2.26. The van der Waals surface area contributed by atoms with E-state index in [1.165, 1.54) is 0 Å². The summed E-state index contributed by atoms with van der Waals surface area (Å²) in [6.45, 7) is 13.1. The van der Waals surface area contributed by atoms with Crippen molar-refractivity contribution < 1.29 is 0 Å². The van der Waals surface area contributed by atoms with Gasteiger partial charge in [-0.25, -0.2) is 0 Å². The van der Waals surface area contributed by atoms with E-state index in [2.05, 4.69) is 82.1 Å². The standard InChI is InChI=1S/C20H29N/c1-7-9-18-11-13-20(6,17(4)5)14-12-19(18)21-15-8-10-16(2)3/h7-17H,1-6H3/b9-7-,10-8+,21-15?. The van der Waals surface area contributed by atoms with Gasteiger partial charge in [0.25, 0.3) is 0 Å². The number of rotatable bonds is 5. The maximum absolute atomic E-state index is 4.62. The van der Waals surface area contributed by atoms with Gasteiger partial charge in [0.05, 0.1) is 5.70 Å². The van der Waals surface area contributed by atoms with Crippen LogP contribution in [-0.4, -0.2) is 6.21 Å². The van der Waals surface area contributed by atoms with Gasteiger partial charge in [-0.2, -0.15) is 0 Å². The van der Waals surface area contributed by atoms with Gasteiger partial charge in [-0.15, -0.1) is 0 Å². The normalized spacial score (nSPS) is 23.6. The second-order valence-corrected chi connectivity index (χ2v) is 6.44. The van der Waals surface area contributed by atoms with E-state index in [1.54, 1.807) is 0 Å². The lowest BCUT2D eigenvalue weighted by molar-refractivity contribution is 0.383. The summed E-state index contributed by atoms with van der Waals surface area (Å²) in [5, 5.41) is 0. The molecular formula is C20H29N. The Kier molecular flexibility index (Phi) is 6.61. The van der Waals surface area contributed by atoms with E-state index in [4.69, 9.17) is 0 Å². The number of nitrogens with zero attached hydrogens (tertiary/aromatic N) is 1. The van der Waals surface area contributed by atoms with Crippen molar-refractivity contribution in [2.75, 3.05) is 0 Å². The zero-order valence-corrected chi connectivity index (χ0v) is 14.3. The van der Waals surface area contributed by atoms with Crippen molar-refractivity contribution in [1.82, 2.24) is 0 Å². The monoisotopic (exact) mass is 283 g/mol. The zero-order valence-electron chi connectivity index (χ0n) is 14.3. The molecule has 0 radical (unpaired) electrons. The Morgan fingerprint density at radius 1 is 1.10 bits per heavy atom. The molecule has 0 spiro atoms. The van der Waals surface area contributed by atoms with Gasteiger partial charge in [-0.3, -0.25) is 4.99 Å². The number of allylic oxidation sites excluding steroid dienone is 9. The molecule has 1 nitrogen and oxygen atoms in total. The van der Waals surface area contributed by atoms with Gasteiger partial charge in [0.2, 0.25) is 0 Å². The zero-order chi connectivity index (χ0) is 15.9. The maximum Gasteiger partial charge on any atom is 0.0698 e. The van der Waals surface area contributed by atoms with Crippen LogP contribution >= 0.6 is 0 Å². The minimum Gasteiger partial charge on any atom is -0.256 e. The van der Waals surface area contributed by atoms with Crippen molar-refractivity contribution in [2.45, 2.75) is 41.5 Å². The van der Waals surface area contributed by atoms with Crippen molar-refractivity contribution in [2.24, 2.45) is 22.2 Å². The topological polar surface area (TPSA) is 12.4 Å². The molecule has 21 heavy (non-hydrogen) atoms. The highest BCUT2D eigenvalue weighted by atomic mass is 14.7. The van der Waals surface area contributed by atoms with Gasteiger partial charge in [-0.05, 0) is 36.5 Å². The lowest BCUT2D eigenvalue weighted by Gasteiger charge is -2.26. The lowest BCUT2D eigenvalue weighted by atomic mass is 9.79. The van der Waals surface area contributed by atoms with Crippen molar-refractivity contribution in [3.63, 3.8) is 0 Å². The highest BCUT2D eigenvalue weighted by Crippen LogP contribution is 2.34. The summed E-state index contributed by atoms with van der Waals surface area (Å²) in [6.07, 6.45) is 19.1. The summed E-state index contributed by atoms with van der Waals surface area (Å²) in [7, 11) is 0. The first-order chi connectivity index (χ1) is 9.89. The summed E-state index contributed by atoms with van der Waals surface area (Å²) < 4.78 is 0. The summed E-state index contributed by atoms with van der Waals surface area (Å²) >= 11 is 0. The lowest BCUT2D eigenvalue weighted by Crippen LogP contribution is -2.17. The number of hydrogen-bond acceptors (Lipinski definition) is 1. The highest BCUT2D eigenvalue weighted by molar-refractivity contribution is 5.73. The third kappa shape index (κ3) is 5.34. The van der Waals surface area contributed by atoms with Crippen LogP contribution < -0.4 is 0 Å². The van der Waals surface area contributed by atoms with E-state index in [0.29, 0.717) is 11.8 Å². The molecule has 0 aromatic carbocycles. The molecule has 0 fully saturated rings. The van der Waals surface area contributed by atoms with Crippen LogP contribution in [-0.2, 0) is 0 Å². The number of aliphatic imine (C=N–C) groups is 1. The SMILES string of the molecule is C/C=C\C1=C(N=C/C=C/C(C)C)C=CC(C)(C(C)C)C=C1. The van der Waals surface area contributed by atoms with Crippen LogP contribution in [0.4, 0.5) is 0 Å². The average Bonchev–Trinajstić information content (AvgIpc) is 2.57. The first kappa shape index (κ1) is 17.4. The Morgan fingerprint density at radius 3 is 2.33 bits per heavy atom. The van der Waals surface area contributed by atoms with Gasteiger partial charge in [-0.1, -0.05) is 71.1 Å². The molecule has 0 heterocycles. The van der Waals surface area contributed by atoms with Crippen LogP contribution in [0.15, 0.2) is 64.9 Å². The average molecular weight is 283 g/mol. The molecular weight excluding hydrogens is 254 g/mol. The molecule has 1 heteroatoms. The van der Waals surface area contributed by atoms with Crippen molar-refractivity contribution in [1.29, 1.82) is 0 Å². The molecule has 1 aliphatic carbocycles. The Balaban J connectivity index is 3.09. The Labute approximate surface area is 130 Å². The van der Waals surface area contributed by atoms with Crippen LogP contribution in [0.1, 0.15) is 41.5 Å². The van der Waals surface area contributed by atoms with Gasteiger partial charge in [0.1, 0.15) is 0 Å². The Hall–Kier alpha value is -1.63. The van der Waals surface area contributed by atoms with E-state index in [1.807, 2.05) is 19.2 Å². The Morgan fingerprint density at radius 2 is 1.76 bits per heavy atom. The molecule has 1 atom stereocenters. The molecule has 1 aliphatic rings. The molecule has 0 aromatic rings. The van der Waals surface area contributed by atoms with Crippen molar-refractivity contribution >= 4 is 6.21 Å². The maximum atomic E-state index is 4.62. The first-order valence-electron chi connectivity index (χ1n) is 7.85. The van der Waals surface area contributed by atoms with Gasteiger partial charge in [0, 0.05) is 11.6 Å². The molecule has 0 saturated heterocycles. The van der Waals surface area contributed by atoms with Crippen LogP contribution in [0.5, 0.6) is 0 Å². The van der Waals surface area contributed by atoms with Crippen molar-refractivity contribution in [3.05, 3.63) is 59.9 Å². The van der Waals surface area contributed by atoms with E-state index in [-0.39, 0.29) is 5.41 Å². The molecule has 1 rings (SSSR count). The predicted molar refractivity (Wildman–Crippen MR) is 95.5 cm³/mol. The van der Waals surface area contributed by atoms with Crippen LogP contribution in [0.25, 0.3) is 0 Å². The number of hydrogen-bond donors (Lipinski definition) is 0. The molecule has 0 bridgehead atoms. The fraction of sp³-hybridized carbons (Fsp3) is 0.450. The fourth-order valence-electron chi connectivity index (χ4n) is 1.98.